The molecule has 0 aliphatic carbocycles. The number of piperidine rings is 1. The Kier molecular flexibility index (Phi) is 5.55. The van der Waals surface area contributed by atoms with Gasteiger partial charge in [-0.05, 0) is 30.9 Å². The number of hydrogen-bond acceptors (Lipinski definition) is 5. The van der Waals surface area contributed by atoms with Gasteiger partial charge in [-0.1, -0.05) is 37.3 Å². The highest BCUT2D eigenvalue weighted by molar-refractivity contribution is 5.93. The molecule has 150 valence electrons. The molecule has 7 heteroatoms. The lowest BCUT2D eigenvalue weighted by Crippen LogP contribution is -2.45. The maximum absolute atomic E-state index is 13.1. The average Bonchev–Trinajstić information content (AvgIpc) is 3.16. The second-order valence-electron chi connectivity index (χ2n) is 7.27. The van der Waals surface area contributed by atoms with Crippen molar-refractivity contribution in [2.45, 2.75) is 32.3 Å². The lowest BCUT2D eigenvalue weighted by atomic mass is 10.1. The van der Waals surface area contributed by atoms with Crippen LogP contribution in [0.1, 0.15) is 35.8 Å². The minimum Gasteiger partial charge on any atom is -0.458 e. The van der Waals surface area contributed by atoms with E-state index in [4.69, 9.17) is 4.74 Å². The van der Waals surface area contributed by atoms with Crippen LogP contribution in [0.5, 0.6) is 6.01 Å². The average molecular weight is 391 g/mol. The summed E-state index contributed by atoms with van der Waals surface area (Å²) >= 11 is 0. The van der Waals surface area contributed by atoms with Crippen LogP contribution < -0.4 is 4.74 Å². The normalized spacial score (nSPS) is 16.6. The molecule has 0 spiro atoms. The first kappa shape index (κ1) is 19.1. The van der Waals surface area contributed by atoms with E-state index in [0.717, 1.165) is 36.1 Å². The van der Waals surface area contributed by atoms with E-state index < -0.39 is 0 Å². The first-order chi connectivity index (χ1) is 14.1. The number of amides is 1. The number of ether oxygens (including phenoxy) is 1. The first-order valence-corrected chi connectivity index (χ1v) is 10.0. The predicted molar refractivity (Wildman–Crippen MR) is 110 cm³/mol. The van der Waals surface area contributed by atoms with Crippen LogP contribution in [0.2, 0.25) is 0 Å². The molecule has 1 atom stereocenters. The highest BCUT2D eigenvalue weighted by Crippen LogP contribution is 2.21. The number of hydrogen-bond donors (Lipinski definition) is 0. The van der Waals surface area contributed by atoms with Gasteiger partial charge >= 0.3 is 6.01 Å². The van der Waals surface area contributed by atoms with E-state index in [1.807, 2.05) is 41.3 Å². The van der Waals surface area contributed by atoms with E-state index in [1.54, 1.807) is 24.1 Å². The molecule has 2 aromatic heterocycles. The number of carbonyl (C=O) groups is 1. The molecular weight excluding hydrogens is 366 g/mol. The van der Waals surface area contributed by atoms with Crippen molar-refractivity contribution in [1.82, 2.24) is 24.6 Å². The Labute approximate surface area is 170 Å². The van der Waals surface area contributed by atoms with Gasteiger partial charge in [-0.2, -0.15) is 5.10 Å². The van der Waals surface area contributed by atoms with Gasteiger partial charge in [0.25, 0.3) is 5.91 Å². The van der Waals surface area contributed by atoms with Crippen LogP contribution in [0.15, 0.2) is 48.8 Å². The van der Waals surface area contributed by atoms with Gasteiger partial charge in [0, 0.05) is 31.5 Å². The summed E-state index contributed by atoms with van der Waals surface area (Å²) < 4.78 is 7.59. The van der Waals surface area contributed by atoms with Crippen LogP contribution in [-0.4, -0.2) is 49.7 Å². The van der Waals surface area contributed by atoms with Crippen molar-refractivity contribution in [3.63, 3.8) is 0 Å². The summed E-state index contributed by atoms with van der Waals surface area (Å²) in [7, 11) is 1.81. The third kappa shape index (κ3) is 4.29. The van der Waals surface area contributed by atoms with Gasteiger partial charge in [-0.3, -0.25) is 9.48 Å². The van der Waals surface area contributed by atoms with Gasteiger partial charge in [0.05, 0.1) is 12.2 Å². The zero-order valence-corrected chi connectivity index (χ0v) is 16.8. The molecule has 0 N–H and O–H groups in total. The molecule has 7 nitrogen and oxygen atoms in total. The quantitative estimate of drug-likeness (QED) is 0.668. The Morgan fingerprint density at radius 1 is 1.21 bits per heavy atom. The molecular formula is C22H25N5O2. The van der Waals surface area contributed by atoms with E-state index in [0.29, 0.717) is 24.8 Å². The van der Waals surface area contributed by atoms with E-state index in [1.165, 1.54) is 0 Å². The second kappa shape index (κ2) is 8.43. The minimum atomic E-state index is -0.109. The van der Waals surface area contributed by atoms with Crippen molar-refractivity contribution < 1.29 is 9.53 Å². The van der Waals surface area contributed by atoms with Gasteiger partial charge in [0.15, 0.2) is 0 Å². The highest BCUT2D eigenvalue weighted by Gasteiger charge is 2.28. The van der Waals surface area contributed by atoms with Crippen molar-refractivity contribution in [3.05, 3.63) is 60.0 Å². The third-order valence-corrected chi connectivity index (χ3v) is 5.20. The molecule has 1 aromatic carbocycles. The zero-order chi connectivity index (χ0) is 20.2. The summed E-state index contributed by atoms with van der Waals surface area (Å²) in [6.07, 6.45) is 6.11. The fraction of sp³-hybridized carbons (Fsp3) is 0.364. The van der Waals surface area contributed by atoms with E-state index in [-0.39, 0.29) is 12.0 Å². The van der Waals surface area contributed by atoms with Crippen molar-refractivity contribution in [2.24, 2.45) is 7.05 Å². The Morgan fingerprint density at radius 2 is 1.97 bits per heavy atom. The Balaban J connectivity index is 1.45. The van der Waals surface area contributed by atoms with Gasteiger partial charge in [0.2, 0.25) is 0 Å². The van der Waals surface area contributed by atoms with Crippen molar-refractivity contribution >= 4 is 5.91 Å². The van der Waals surface area contributed by atoms with Crippen molar-refractivity contribution in [2.75, 3.05) is 13.1 Å². The largest absolute Gasteiger partial charge is 0.458 e. The second-order valence-corrected chi connectivity index (χ2v) is 7.27. The predicted octanol–water partition coefficient (Wildman–Crippen LogP) is 3.12. The molecule has 3 aromatic rings. The van der Waals surface area contributed by atoms with Crippen molar-refractivity contribution in [1.29, 1.82) is 0 Å². The Bertz CT molecular complexity index is 969. The molecule has 1 saturated heterocycles. The maximum Gasteiger partial charge on any atom is 0.316 e. The monoisotopic (exact) mass is 391 g/mol. The van der Waals surface area contributed by atoms with E-state index >= 15 is 0 Å². The lowest BCUT2D eigenvalue weighted by Gasteiger charge is -2.32. The number of rotatable bonds is 5. The number of likely N-dealkylation sites (tertiary alicyclic amines) is 1. The SMILES string of the molecule is CCc1cnc(OC2CCCN(C(=O)c3cc(-c4ccccc4)nn3C)C2)nc1. The molecule has 1 unspecified atom stereocenters. The Hall–Kier alpha value is -3.22. The summed E-state index contributed by atoms with van der Waals surface area (Å²) in [6.45, 7) is 3.29. The van der Waals surface area contributed by atoms with Crippen LogP contribution in [0.4, 0.5) is 0 Å². The molecule has 1 fully saturated rings. The summed E-state index contributed by atoms with van der Waals surface area (Å²) in [6, 6.07) is 12.1. The standard InChI is InChI=1S/C22H25N5O2/c1-3-16-13-23-22(24-14-16)29-18-10-7-11-27(15-18)21(28)20-12-19(25-26(20)2)17-8-5-4-6-9-17/h4-6,8-9,12-14,18H,3,7,10-11,15H2,1-2H3. The summed E-state index contributed by atoms with van der Waals surface area (Å²) in [4.78, 5) is 23.5. The van der Waals surface area contributed by atoms with Crippen LogP contribution in [0.25, 0.3) is 11.3 Å². The maximum atomic E-state index is 13.1. The van der Waals surface area contributed by atoms with Crippen LogP contribution in [0, 0.1) is 0 Å². The number of benzene rings is 1. The van der Waals surface area contributed by atoms with Gasteiger partial charge in [-0.15, -0.1) is 0 Å². The minimum absolute atomic E-state index is 0.0299. The number of nitrogens with zero attached hydrogens (tertiary/aromatic N) is 5. The summed E-state index contributed by atoms with van der Waals surface area (Å²) in [5.74, 6) is -0.0299. The zero-order valence-electron chi connectivity index (χ0n) is 16.8. The molecule has 4 rings (SSSR count). The molecule has 29 heavy (non-hydrogen) atoms. The van der Waals surface area contributed by atoms with Crippen LogP contribution in [0.3, 0.4) is 0 Å². The molecule has 0 radical (unpaired) electrons. The molecule has 1 amide bonds. The van der Waals surface area contributed by atoms with Gasteiger partial charge in [-0.25, -0.2) is 9.97 Å². The van der Waals surface area contributed by atoms with E-state index in [9.17, 15) is 4.79 Å². The fourth-order valence-corrected chi connectivity index (χ4v) is 3.53. The lowest BCUT2D eigenvalue weighted by molar-refractivity contribution is 0.0506. The molecule has 1 aliphatic rings. The molecule has 0 bridgehead atoms. The molecule has 1 aliphatic heterocycles. The highest BCUT2D eigenvalue weighted by atomic mass is 16.5. The van der Waals surface area contributed by atoms with Gasteiger partial charge < -0.3 is 9.64 Å². The van der Waals surface area contributed by atoms with E-state index in [2.05, 4.69) is 22.0 Å². The van der Waals surface area contributed by atoms with Crippen LogP contribution in [-0.2, 0) is 13.5 Å². The van der Waals surface area contributed by atoms with Gasteiger partial charge in [0.1, 0.15) is 11.8 Å². The number of aromatic nitrogens is 4. The van der Waals surface area contributed by atoms with Crippen LogP contribution >= 0.6 is 0 Å². The first-order valence-electron chi connectivity index (χ1n) is 10.0. The summed E-state index contributed by atoms with van der Waals surface area (Å²) in [5.41, 5.74) is 3.44. The number of aryl methyl sites for hydroxylation is 2. The summed E-state index contributed by atoms with van der Waals surface area (Å²) in [5, 5.41) is 4.52. The Morgan fingerprint density at radius 3 is 2.69 bits per heavy atom. The third-order valence-electron chi connectivity index (χ3n) is 5.20. The topological polar surface area (TPSA) is 73.1 Å². The molecule has 3 heterocycles. The fourth-order valence-electron chi connectivity index (χ4n) is 3.53. The van der Waals surface area contributed by atoms with Crippen molar-refractivity contribution in [3.8, 4) is 17.3 Å². The number of carbonyl (C=O) groups excluding carboxylic acids is 1. The molecule has 0 saturated carbocycles. The smallest absolute Gasteiger partial charge is 0.316 e.